The molecule has 102 valence electrons. The van der Waals surface area contributed by atoms with Crippen molar-refractivity contribution in [2.24, 2.45) is 0 Å². The quantitative estimate of drug-likeness (QED) is 0.639. The van der Waals surface area contributed by atoms with Crippen LogP contribution in [0, 0.1) is 0 Å². The predicted molar refractivity (Wildman–Crippen MR) is 90.7 cm³/mol. The molecule has 0 bridgehead atoms. The topological polar surface area (TPSA) is 12.0 Å². The van der Waals surface area contributed by atoms with Gasteiger partial charge in [-0.25, -0.2) is 0 Å². The van der Waals surface area contributed by atoms with Crippen LogP contribution in [0.3, 0.4) is 0 Å². The summed E-state index contributed by atoms with van der Waals surface area (Å²) in [6.45, 7) is 4.44. The van der Waals surface area contributed by atoms with Crippen molar-refractivity contribution in [3.05, 3.63) is 55.1 Å². The number of hydrogen-bond donors (Lipinski definition) is 1. The third-order valence-electron chi connectivity index (χ3n) is 3.15. The summed E-state index contributed by atoms with van der Waals surface area (Å²) in [5, 5.41) is 5.84. The number of rotatable bonds is 5. The fourth-order valence-corrected chi connectivity index (χ4v) is 3.81. The third kappa shape index (κ3) is 4.15. The molecule has 0 spiro atoms. The number of benzene rings is 1. The molecule has 4 heteroatoms. The summed E-state index contributed by atoms with van der Waals surface area (Å²) < 4.78 is 2.29. The zero-order valence-electron chi connectivity index (χ0n) is 11.0. The Hall–Kier alpha value is -0.160. The molecule has 2 aromatic rings. The van der Waals surface area contributed by atoms with Crippen LogP contribution in [0.25, 0.3) is 0 Å². The second kappa shape index (κ2) is 7.02. The minimum Gasteiger partial charge on any atom is -0.303 e. The minimum absolute atomic E-state index is 0.366. The Morgan fingerprint density at radius 3 is 2.37 bits per heavy atom. The first-order valence-corrected chi connectivity index (χ1v) is 8.82. The molecule has 1 aromatic heterocycles. The smallest absolute Gasteiger partial charge is 0.0391 e. The van der Waals surface area contributed by atoms with Gasteiger partial charge in [-0.2, -0.15) is 0 Å². The lowest BCUT2D eigenvalue weighted by atomic mass is 10.0. The number of hydrogen-bond acceptors (Lipinski definition) is 2. The standard InChI is InChI=1S/C15H17Br2NS/c1-3-14(11-4-6-12(16)7-5-11)18-10(2)15-8-13(17)9-19-15/h4-10,14,18H,3H2,1-2H3. The molecule has 1 nitrogen and oxygen atoms in total. The number of thiophene rings is 1. The SMILES string of the molecule is CCC(NC(C)c1cc(Br)cs1)c1ccc(Br)cc1. The van der Waals surface area contributed by atoms with Crippen molar-refractivity contribution in [3.63, 3.8) is 0 Å². The van der Waals surface area contributed by atoms with Crippen LogP contribution in [-0.4, -0.2) is 0 Å². The van der Waals surface area contributed by atoms with E-state index in [-0.39, 0.29) is 0 Å². The van der Waals surface area contributed by atoms with Gasteiger partial charge in [-0.15, -0.1) is 11.3 Å². The Labute approximate surface area is 135 Å². The van der Waals surface area contributed by atoms with Gasteiger partial charge in [0.05, 0.1) is 0 Å². The third-order valence-corrected chi connectivity index (χ3v) is 5.55. The Morgan fingerprint density at radius 2 is 1.84 bits per heavy atom. The van der Waals surface area contributed by atoms with Crippen molar-refractivity contribution in [1.29, 1.82) is 0 Å². The molecule has 1 aromatic carbocycles. The average Bonchev–Trinajstić information content (AvgIpc) is 2.84. The molecule has 0 aliphatic carbocycles. The molecule has 0 fully saturated rings. The molecule has 0 amide bonds. The maximum atomic E-state index is 3.71. The van der Waals surface area contributed by atoms with Crippen molar-refractivity contribution >= 4 is 43.2 Å². The van der Waals surface area contributed by atoms with Crippen molar-refractivity contribution < 1.29 is 0 Å². The summed E-state index contributed by atoms with van der Waals surface area (Å²) in [4.78, 5) is 1.36. The molecule has 2 unspecified atom stereocenters. The van der Waals surface area contributed by atoms with Gasteiger partial charge in [-0.1, -0.05) is 35.0 Å². The van der Waals surface area contributed by atoms with E-state index < -0.39 is 0 Å². The van der Waals surface area contributed by atoms with Crippen LogP contribution < -0.4 is 5.32 Å². The molecule has 1 heterocycles. The van der Waals surface area contributed by atoms with Crippen LogP contribution in [0.2, 0.25) is 0 Å². The lowest BCUT2D eigenvalue weighted by Crippen LogP contribution is -2.23. The molecule has 0 radical (unpaired) electrons. The lowest BCUT2D eigenvalue weighted by molar-refractivity contribution is 0.460. The highest BCUT2D eigenvalue weighted by atomic mass is 79.9. The van der Waals surface area contributed by atoms with Crippen molar-refractivity contribution in [2.45, 2.75) is 32.4 Å². The van der Waals surface area contributed by atoms with E-state index in [1.807, 2.05) is 0 Å². The second-order valence-electron chi connectivity index (χ2n) is 4.57. The van der Waals surface area contributed by atoms with Gasteiger partial charge in [0.2, 0.25) is 0 Å². The first-order valence-electron chi connectivity index (χ1n) is 6.35. The molecule has 2 rings (SSSR count). The van der Waals surface area contributed by atoms with Crippen LogP contribution in [-0.2, 0) is 0 Å². The van der Waals surface area contributed by atoms with E-state index in [0.29, 0.717) is 12.1 Å². The summed E-state index contributed by atoms with van der Waals surface area (Å²) in [7, 11) is 0. The number of nitrogens with one attached hydrogen (secondary N) is 1. The van der Waals surface area contributed by atoms with E-state index in [4.69, 9.17) is 0 Å². The van der Waals surface area contributed by atoms with E-state index in [9.17, 15) is 0 Å². The molecule has 2 atom stereocenters. The summed E-state index contributed by atoms with van der Waals surface area (Å²) in [5.74, 6) is 0. The lowest BCUT2D eigenvalue weighted by Gasteiger charge is -2.22. The van der Waals surface area contributed by atoms with Crippen LogP contribution >= 0.6 is 43.2 Å². The predicted octanol–water partition coefficient (Wildman–Crippen LogP) is 6.08. The Balaban J connectivity index is 2.08. The maximum Gasteiger partial charge on any atom is 0.0391 e. The van der Waals surface area contributed by atoms with Gasteiger partial charge in [0.25, 0.3) is 0 Å². The van der Waals surface area contributed by atoms with E-state index in [2.05, 4.69) is 86.7 Å². The van der Waals surface area contributed by atoms with Crippen LogP contribution in [0.5, 0.6) is 0 Å². The van der Waals surface area contributed by atoms with Gasteiger partial charge >= 0.3 is 0 Å². The minimum atomic E-state index is 0.366. The molecular formula is C15H17Br2NS. The monoisotopic (exact) mass is 401 g/mol. The Morgan fingerprint density at radius 1 is 1.16 bits per heavy atom. The largest absolute Gasteiger partial charge is 0.303 e. The molecule has 0 saturated heterocycles. The first kappa shape index (κ1) is 15.2. The molecule has 0 saturated carbocycles. The van der Waals surface area contributed by atoms with Crippen LogP contribution in [0.1, 0.15) is 42.8 Å². The van der Waals surface area contributed by atoms with Crippen molar-refractivity contribution in [3.8, 4) is 0 Å². The average molecular weight is 403 g/mol. The van der Waals surface area contributed by atoms with E-state index in [1.54, 1.807) is 11.3 Å². The first-order chi connectivity index (χ1) is 9.10. The van der Waals surface area contributed by atoms with E-state index in [1.165, 1.54) is 10.4 Å². The van der Waals surface area contributed by atoms with Gasteiger partial charge in [0.15, 0.2) is 0 Å². The van der Waals surface area contributed by atoms with Gasteiger partial charge in [0, 0.05) is 31.3 Å². The fourth-order valence-electron chi connectivity index (χ4n) is 2.08. The Kier molecular flexibility index (Phi) is 5.63. The summed E-state index contributed by atoms with van der Waals surface area (Å²) in [6.07, 6.45) is 1.08. The highest BCUT2D eigenvalue weighted by molar-refractivity contribution is 9.10. The molecule has 1 N–H and O–H groups in total. The highest BCUT2D eigenvalue weighted by Gasteiger charge is 2.14. The van der Waals surface area contributed by atoms with Crippen molar-refractivity contribution in [2.75, 3.05) is 0 Å². The highest BCUT2D eigenvalue weighted by Crippen LogP contribution is 2.28. The summed E-state index contributed by atoms with van der Waals surface area (Å²) >= 11 is 8.79. The van der Waals surface area contributed by atoms with Crippen LogP contribution in [0.15, 0.2) is 44.7 Å². The Bertz CT molecular complexity index is 521. The van der Waals surface area contributed by atoms with Gasteiger partial charge in [0.1, 0.15) is 0 Å². The molecular weight excluding hydrogens is 386 g/mol. The maximum absolute atomic E-state index is 3.71. The second-order valence-corrected chi connectivity index (χ2v) is 7.34. The summed E-state index contributed by atoms with van der Waals surface area (Å²) in [5.41, 5.74) is 1.34. The zero-order chi connectivity index (χ0) is 13.8. The molecule has 0 aliphatic rings. The van der Waals surface area contributed by atoms with Gasteiger partial charge < -0.3 is 5.32 Å². The fraction of sp³-hybridized carbons (Fsp3) is 0.333. The van der Waals surface area contributed by atoms with E-state index >= 15 is 0 Å². The van der Waals surface area contributed by atoms with E-state index in [0.717, 1.165) is 15.4 Å². The van der Waals surface area contributed by atoms with Crippen molar-refractivity contribution in [1.82, 2.24) is 5.32 Å². The van der Waals surface area contributed by atoms with Gasteiger partial charge in [-0.3, -0.25) is 0 Å². The summed E-state index contributed by atoms with van der Waals surface area (Å²) in [6, 6.07) is 11.5. The van der Waals surface area contributed by atoms with Crippen LogP contribution in [0.4, 0.5) is 0 Å². The van der Waals surface area contributed by atoms with Gasteiger partial charge in [-0.05, 0) is 53.0 Å². The molecule has 0 aliphatic heterocycles. The normalized spacial score (nSPS) is 14.3. The molecule has 19 heavy (non-hydrogen) atoms. The number of halogens is 2. The zero-order valence-corrected chi connectivity index (χ0v) is 15.0.